The molecule has 2 aliphatic rings. The number of carbonyl (C=O) groups excluding carboxylic acids is 1. The van der Waals surface area contributed by atoms with Crippen molar-refractivity contribution in [1.29, 1.82) is 0 Å². The number of nitrogens with one attached hydrogen (secondary N) is 1. The molecule has 75 heavy (non-hydrogen) atoms. The SMILES string of the molecule is CC/C=C\C/C=C\C/C=C\C/C=C\CCCCCCCCCCCCCCCCCCCCC(=O)NC(COC1OC(CO)C(OC2OC(CO)C(O)C(O)C2O)C(O)C1O)C(O)CCCCCCCCCCCC. The highest BCUT2D eigenvalue weighted by atomic mass is 16.7. The summed E-state index contributed by atoms with van der Waals surface area (Å²) in [5, 5.41) is 87.0. The fraction of sp³-hybridized carbons (Fsp3) is 0.852. The highest BCUT2D eigenvalue weighted by Gasteiger charge is 2.51. The van der Waals surface area contributed by atoms with Crippen molar-refractivity contribution < 1.29 is 64.6 Å². The molecule has 2 heterocycles. The molecular formula is C61H111NO13. The van der Waals surface area contributed by atoms with Gasteiger partial charge in [-0.3, -0.25) is 4.79 Å². The van der Waals surface area contributed by atoms with E-state index in [1.807, 2.05) is 0 Å². The van der Waals surface area contributed by atoms with Gasteiger partial charge in [-0.25, -0.2) is 0 Å². The Morgan fingerprint density at radius 3 is 1.41 bits per heavy atom. The molecule has 438 valence electrons. The molecule has 0 saturated carbocycles. The second-order valence-corrected chi connectivity index (χ2v) is 21.5. The maximum Gasteiger partial charge on any atom is 0.220 e. The van der Waals surface area contributed by atoms with E-state index in [4.69, 9.17) is 18.9 Å². The minimum atomic E-state index is -1.78. The molecule has 0 aromatic carbocycles. The molecule has 0 spiro atoms. The molecule has 2 rings (SSSR count). The van der Waals surface area contributed by atoms with E-state index < -0.39 is 86.8 Å². The molecule has 14 heteroatoms. The molecule has 0 aliphatic carbocycles. The first-order chi connectivity index (χ1) is 36.6. The molecule has 12 unspecified atom stereocenters. The van der Waals surface area contributed by atoms with Crippen LogP contribution in [0.2, 0.25) is 0 Å². The van der Waals surface area contributed by atoms with Gasteiger partial charge in [0.15, 0.2) is 12.6 Å². The van der Waals surface area contributed by atoms with Crippen LogP contribution in [0.3, 0.4) is 0 Å². The first kappa shape index (κ1) is 69.1. The number of unbranched alkanes of at least 4 members (excludes halogenated alkanes) is 27. The molecule has 0 bridgehead atoms. The van der Waals surface area contributed by atoms with Crippen LogP contribution >= 0.6 is 0 Å². The normalized spacial score (nSPS) is 25.4. The van der Waals surface area contributed by atoms with Crippen molar-refractivity contribution in [3.63, 3.8) is 0 Å². The molecule has 0 radical (unpaired) electrons. The number of hydrogen-bond acceptors (Lipinski definition) is 13. The van der Waals surface area contributed by atoms with Crippen LogP contribution in [0.25, 0.3) is 0 Å². The first-order valence-corrected chi connectivity index (χ1v) is 30.4. The molecule has 0 aromatic heterocycles. The summed E-state index contributed by atoms with van der Waals surface area (Å²) in [7, 11) is 0. The van der Waals surface area contributed by atoms with Crippen molar-refractivity contribution >= 4 is 5.91 Å². The van der Waals surface area contributed by atoms with E-state index in [9.17, 15) is 45.6 Å². The number of rotatable bonds is 48. The van der Waals surface area contributed by atoms with E-state index in [1.54, 1.807) is 0 Å². The number of carbonyl (C=O) groups is 1. The standard InChI is InChI=1S/C61H111NO13/c1-3-5-7-9-11-13-15-16-17-18-19-20-21-22-23-24-25-26-27-28-29-30-31-32-33-34-35-37-39-41-43-45-53(66)62-49(50(65)44-42-40-38-36-14-12-10-8-6-4-2)48-72-60-58(71)56(69)59(52(47-64)74-60)75-61-57(70)55(68)54(67)51(46-63)73-61/h5,7,11,13,16-17,19-20,49-52,54-61,63-65,67-71H,3-4,6,8-10,12,14-15,18,21-48H2,1-2H3,(H,62,66)/b7-5-,13-11-,17-16-,20-19-. The monoisotopic (exact) mass is 1070 g/mol. The van der Waals surface area contributed by atoms with Crippen LogP contribution in [-0.4, -0.2) is 140 Å². The summed E-state index contributed by atoms with van der Waals surface area (Å²) < 4.78 is 22.8. The number of aliphatic hydroxyl groups excluding tert-OH is 8. The van der Waals surface area contributed by atoms with Gasteiger partial charge >= 0.3 is 0 Å². The summed E-state index contributed by atoms with van der Waals surface area (Å²) in [6.45, 7) is 2.73. The number of amides is 1. The van der Waals surface area contributed by atoms with E-state index in [1.165, 1.54) is 135 Å². The molecule has 9 N–H and O–H groups in total. The zero-order valence-corrected chi connectivity index (χ0v) is 47.0. The van der Waals surface area contributed by atoms with Gasteiger partial charge in [-0.15, -0.1) is 0 Å². The predicted molar refractivity (Wildman–Crippen MR) is 300 cm³/mol. The molecule has 2 fully saturated rings. The van der Waals surface area contributed by atoms with Crippen molar-refractivity contribution in [2.24, 2.45) is 0 Å². The van der Waals surface area contributed by atoms with E-state index >= 15 is 0 Å². The van der Waals surface area contributed by atoms with E-state index in [0.717, 1.165) is 77.0 Å². The molecule has 1 amide bonds. The predicted octanol–water partition coefficient (Wildman–Crippen LogP) is 10.4. The Bertz CT molecular complexity index is 1440. The fourth-order valence-corrected chi connectivity index (χ4v) is 9.94. The third-order valence-electron chi connectivity index (χ3n) is 14.8. The number of ether oxygens (including phenoxy) is 4. The Kier molecular flexibility index (Phi) is 43.1. The average molecular weight is 1070 g/mol. The van der Waals surface area contributed by atoms with Gasteiger partial charge in [0.1, 0.15) is 48.8 Å². The first-order valence-electron chi connectivity index (χ1n) is 30.4. The van der Waals surface area contributed by atoms with Gasteiger partial charge in [0, 0.05) is 6.42 Å². The molecule has 2 saturated heterocycles. The third-order valence-corrected chi connectivity index (χ3v) is 14.8. The quantitative estimate of drug-likeness (QED) is 0.0204. The largest absolute Gasteiger partial charge is 0.394 e. The summed E-state index contributed by atoms with van der Waals surface area (Å²) in [6, 6.07) is -0.826. The zero-order chi connectivity index (χ0) is 54.6. The third kappa shape index (κ3) is 32.6. The maximum atomic E-state index is 13.2. The number of hydrogen-bond donors (Lipinski definition) is 9. The summed E-state index contributed by atoms with van der Waals surface area (Å²) in [6.07, 6.45) is 41.4. The Hall–Kier alpha value is -2.05. The van der Waals surface area contributed by atoms with Crippen LogP contribution in [0.5, 0.6) is 0 Å². The molecule has 12 atom stereocenters. The van der Waals surface area contributed by atoms with Gasteiger partial charge in [0.05, 0.1) is 32.0 Å². The lowest BCUT2D eigenvalue weighted by Crippen LogP contribution is -2.65. The Balaban J connectivity index is 1.62. The maximum absolute atomic E-state index is 13.2. The van der Waals surface area contributed by atoms with Crippen LogP contribution < -0.4 is 5.32 Å². The van der Waals surface area contributed by atoms with E-state index in [2.05, 4.69) is 67.8 Å². The number of aliphatic hydroxyl groups is 8. The van der Waals surface area contributed by atoms with Crippen molar-refractivity contribution in [3.05, 3.63) is 48.6 Å². The lowest BCUT2D eigenvalue weighted by molar-refractivity contribution is -0.359. The van der Waals surface area contributed by atoms with Gasteiger partial charge in [0.25, 0.3) is 0 Å². The van der Waals surface area contributed by atoms with Gasteiger partial charge < -0.3 is 65.1 Å². The second kappa shape index (κ2) is 46.8. The second-order valence-electron chi connectivity index (χ2n) is 21.5. The Morgan fingerprint density at radius 2 is 0.920 bits per heavy atom. The molecule has 0 aromatic rings. The molecule has 2 aliphatic heterocycles. The van der Waals surface area contributed by atoms with Gasteiger partial charge in [0.2, 0.25) is 5.91 Å². The topological polar surface area (TPSA) is 228 Å². The van der Waals surface area contributed by atoms with Crippen LogP contribution in [0, 0.1) is 0 Å². The molecule has 14 nitrogen and oxygen atoms in total. The zero-order valence-electron chi connectivity index (χ0n) is 47.0. The highest BCUT2D eigenvalue weighted by Crippen LogP contribution is 2.30. The number of allylic oxidation sites excluding steroid dienone is 8. The van der Waals surface area contributed by atoms with Crippen LogP contribution in [0.1, 0.15) is 239 Å². The van der Waals surface area contributed by atoms with E-state index in [0.29, 0.717) is 12.8 Å². The van der Waals surface area contributed by atoms with Gasteiger partial charge in [-0.2, -0.15) is 0 Å². The van der Waals surface area contributed by atoms with Crippen LogP contribution in [0.4, 0.5) is 0 Å². The highest BCUT2D eigenvalue weighted by molar-refractivity contribution is 5.76. The minimum absolute atomic E-state index is 0.207. The Labute approximate surface area is 454 Å². The summed E-state index contributed by atoms with van der Waals surface area (Å²) in [5.41, 5.74) is 0. The van der Waals surface area contributed by atoms with Crippen molar-refractivity contribution in [1.82, 2.24) is 5.32 Å². The van der Waals surface area contributed by atoms with Crippen molar-refractivity contribution in [3.8, 4) is 0 Å². The van der Waals surface area contributed by atoms with E-state index in [-0.39, 0.29) is 12.5 Å². The fourth-order valence-electron chi connectivity index (χ4n) is 9.94. The lowest BCUT2D eigenvalue weighted by Gasteiger charge is -2.46. The lowest BCUT2D eigenvalue weighted by atomic mass is 9.97. The van der Waals surface area contributed by atoms with Crippen molar-refractivity contribution in [2.75, 3.05) is 19.8 Å². The Morgan fingerprint density at radius 1 is 0.493 bits per heavy atom. The molecular weight excluding hydrogens is 955 g/mol. The van der Waals surface area contributed by atoms with Gasteiger partial charge in [-0.05, 0) is 51.4 Å². The summed E-state index contributed by atoms with van der Waals surface area (Å²) >= 11 is 0. The van der Waals surface area contributed by atoms with Gasteiger partial charge in [-0.1, -0.05) is 229 Å². The van der Waals surface area contributed by atoms with Crippen LogP contribution in [0.15, 0.2) is 48.6 Å². The summed E-state index contributed by atoms with van der Waals surface area (Å²) in [4.78, 5) is 13.2. The smallest absolute Gasteiger partial charge is 0.220 e. The summed E-state index contributed by atoms with van der Waals surface area (Å²) in [5.74, 6) is -0.207. The minimum Gasteiger partial charge on any atom is -0.394 e. The van der Waals surface area contributed by atoms with Crippen molar-refractivity contribution in [2.45, 2.75) is 312 Å². The average Bonchev–Trinajstić information content (AvgIpc) is 3.41. The van der Waals surface area contributed by atoms with Crippen LogP contribution in [-0.2, 0) is 23.7 Å².